The highest BCUT2D eigenvalue weighted by molar-refractivity contribution is 6.73. The maximum absolute atomic E-state index is 2.63. The van der Waals surface area contributed by atoms with Gasteiger partial charge in [-0.15, -0.1) is 0 Å². The van der Waals surface area contributed by atoms with Crippen LogP contribution in [-0.2, 0) is 0 Å². The second-order valence-electron chi connectivity index (χ2n) is 10.9. The number of benzene rings is 1. The maximum atomic E-state index is 2.63. The van der Waals surface area contributed by atoms with Crippen LogP contribution in [0.2, 0.25) is 12.1 Å². The fourth-order valence-corrected chi connectivity index (χ4v) is 10.0. The first-order valence-corrected chi connectivity index (χ1v) is 14.7. The van der Waals surface area contributed by atoms with Crippen LogP contribution in [0.3, 0.4) is 0 Å². The first-order chi connectivity index (χ1) is 13.9. The number of hydrogen-bond donors (Lipinski definition) is 0. The lowest BCUT2D eigenvalue weighted by molar-refractivity contribution is 0.0379. The van der Waals surface area contributed by atoms with Crippen molar-refractivity contribution in [3.8, 4) is 0 Å². The minimum absolute atomic E-state index is 0.310. The van der Waals surface area contributed by atoms with E-state index in [1.54, 1.807) is 10.8 Å². The first kappa shape index (κ1) is 22.6. The summed E-state index contributed by atoms with van der Waals surface area (Å²) in [7, 11) is -1.05. The topological polar surface area (TPSA) is 0 Å². The molecule has 1 fully saturated rings. The van der Waals surface area contributed by atoms with Gasteiger partial charge in [0.25, 0.3) is 0 Å². The second kappa shape index (κ2) is 9.82. The molecule has 0 N–H and O–H groups in total. The van der Waals surface area contributed by atoms with Crippen LogP contribution in [0.1, 0.15) is 85.5 Å². The Kier molecular flexibility index (Phi) is 7.65. The van der Waals surface area contributed by atoms with Gasteiger partial charge in [0.1, 0.15) is 0 Å². The van der Waals surface area contributed by atoms with Crippen LogP contribution in [0.4, 0.5) is 0 Å². The molecule has 0 bridgehead atoms. The molecular formula is C28H44Si. The van der Waals surface area contributed by atoms with Crippen molar-refractivity contribution in [2.45, 2.75) is 97.6 Å². The van der Waals surface area contributed by atoms with Gasteiger partial charge in [0.2, 0.25) is 0 Å². The zero-order chi connectivity index (χ0) is 20.9. The van der Waals surface area contributed by atoms with Gasteiger partial charge in [-0.1, -0.05) is 139 Å². The molecule has 1 heteroatoms. The fourth-order valence-electron chi connectivity index (χ4n) is 6.30. The van der Waals surface area contributed by atoms with Crippen LogP contribution < -0.4 is 5.19 Å². The second-order valence-corrected chi connectivity index (χ2v) is 13.9. The Bertz CT molecular complexity index is 694. The summed E-state index contributed by atoms with van der Waals surface area (Å²) in [4.78, 5) is 0. The minimum atomic E-state index is -1.05. The summed E-state index contributed by atoms with van der Waals surface area (Å²) in [5, 5.41) is 1.66. The molecule has 3 atom stereocenters. The lowest BCUT2D eigenvalue weighted by atomic mass is 9.56. The van der Waals surface area contributed by atoms with Crippen molar-refractivity contribution in [3.63, 3.8) is 0 Å². The van der Waals surface area contributed by atoms with E-state index in [1.807, 2.05) is 0 Å². The average Bonchev–Trinajstić information content (AvgIpc) is 3.22. The number of hydrogen-bond acceptors (Lipinski definition) is 0. The van der Waals surface area contributed by atoms with Crippen molar-refractivity contribution in [3.05, 3.63) is 54.1 Å². The molecular weight excluding hydrogens is 364 g/mol. The Morgan fingerprint density at radius 1 is 0.793 bits per heavy atom. The van der Waals surface area contributed by atoms with Gasteiger partial charge in [-0.25, -0.2) is 0 Å². The van der Waals surface area contributed by atoms with Crippen LogP contribution >= 0.6 is 0 Å². The average molecular weight is 409 g/mol. The molecule has 0 spiro atoms. The third-order valence-corrected chi connectivity index (χ3v) is 12.7. The highest BCUT2D eigenvalue weighted by Crippen LogP contribution is 2.57. The molecule has 0 aliphatic heterocycles. The van der Waals surface area contributed by atoms with Gasteiger partial charge < -0.3 is 0 Å². The zero-order valence-corrected chi connectivity index (χ0v) is 20.9. The smallest absolute Gasteiger partial charge is 0.0713 e. The molecule has 0 radical (unpaired) electrons. The van der Waals surface area contributed by atoms with Gasteiger partial charge >= 0.3 is 0 Å². The standard InChI is InChI=1S/C28H44Si/c1-27(2)25(23-17-15-16-18-23)21-13-8-6-7-9-14-22-26(28(27,3)4)29(5)24-19-11-10-12-20-24/h10-12,15-17,19-20,25-26,29H,6-9,13-14,18,21-22H2,1-5H3. The van der Waals surface area contributed by atoms with E-state index in [9.17, 15) is 0 Å². The van der Waals surface area contributed by atoms with Crippen molar-refractivity contribution in [1.82, 2.24) is 0 Å². The molecule has 2 aliphatic rings. The quantitative estimate of drug-likeness (QED) is 0.447. The van der Waals surface area contributed by atoms with Crippen LogP contribution in [-0.4, -0.2) is 8.80 Å². The molecule has 0 nitrogen and oxygen atoms in total. The largest absolute Gasteiger partial charge is 0.0805 e. The molecule has 0 heterocycles. The Morgan fingerprint density at radius 2 is 1.41 bits per heavy atom. The van der Waals surface area contributed by atoms with Gasteiger partial charge in [0.15, 0.2) is 0 Å². The maximum Gasteiger partial charge on any atom is 0.0713 e. The summed E-state index contributed by atoms with van der Waals surface area (Å²) in [6.45, 7) is 13.1. The van der Waals surface area contributed by atoms with Crippen molar-refractivity contribution < 1.29 is 0 Å². The van der Waals surface area contributed by atoms with Crippen LogP contribution in [0.25, 0.3) is 0 Å². The molecule has 3 rings (SSSR count). The molecule has 1 saturated carbocycles. The van der Waals surface area contributed by atoms with Crippen molar-refractivity contribution in [2.75, 3.05) is 0 Å². The lowest BCUT2D eigenvalue weighted by Gasteiger charge is -2.54. The fraction of sp³-hybridized carbons (Fsp3) is 0.643. The van der Waals surface area contributed by atoms with E-state index in [1.165, 1.54) is 57.8 Å². The summed E-state index contributed by atoms with van der Waals surface area (Å²) in [5.41, 5.74) is 3.19. The molecule has 1 aromatic carbocycles. The van der Waals surface area contributed by atoms with Gasteiger partial charge in [-0.05, 0) is 35.1 Å². The molecule has 1 aromatic rings. The van der Waals surface area contributed by atoms with Gasteiger partial charge in [0, 0.05) is 0 Å². The molecule has 3 unspecified atom stereocenters. The van der Waals surface area contributed by atoms with E-state index >= 15 is 0 Å². The van der Waals surface area contributed by atoms with E-state index in [4.69, 9.17) is 0 Å². The van der Waals surface area contributed by atoms with E-state index in [-0.39, 0.29) is 0 Å². The summed E-state index contributed by atoms with van der Waals surface area (Å²) in [5.74, 6) is 0.714. The summed E-state index contributed by atoms with van der Waals surface area (Å²) in [6, 6.07) is 11.5. The van der Waals surface area contributed by atoms with E-state index in [0.29, 0.717) is 16.7 Å². The minimum Gasteiger partial charge on any atom is -0.0805 e. The Morgan fingerprint density at radius 3 is 2.03 bits per heavy atom. The molecule has 160 valence electrons. The van der Waals surface area contributed by atoms with Crippen molar-refractivity contribution in [2.24, 2.45) is 16.7 Å². The number of rotatable bonds is 3. The summed E-state index contributed by atoms with van der Waals surface area (Å²) >= 11 is 0. The van der Waals surface area contributed by atoms with E-state index in [0.717, 1.165) is 5.54 Å². The highest BCUT2D eigenvalue weighted by atomic mass is 28.3. The lowest BCUT2D eigenvalue weighted by Crippen LogP contribution is -2.49. The third kappa shape index (κ3) is 4.98. The van der Waals surface area contributed by atoms with Crippen LogP contribution in [0.15, 0.2) is 54.1 Å². The van der Waals surface area contributed by atoms with Crippen molar-refractivity contribution >= 4 is 14.0 Å². The molecule has 2 aliphatic carbocycles. The predicted molar refractivity (Wildman–Crippen MR) is 133 cm³/mol. The van der Waals surface area contributed by atoms with Crippen molar-refractivity contribution in [1.29, 1.82) is 0 Å². The van der Waals surface area contributed by atoms with E-state index in [2.05, 4.69) is 82.8 Å². The third-order valence-electron chi connectivity index (χ3n) is 8.89. The van der Waals surface area contributed by atoms with Crippen LogP contribution in [0.5, 0.6) is 0 Å². The summed E-state index contributed by atoms with van der Waals surface area (Å²) < 4.78 is 0. The van der Waals surface area contributed by atoms with Gasteiger partial charge in [-0.2, -0.15) is 0 Å². The summed E-state index contributed by atoms with van der Waals surface area (Å²) in [6.07, 6.45) is 19.6. The Hall–Kier alpha value is -1.08. The number of allylic oxidation sites excluding steroid dienone is 4. The van der Waals surface area contributed by atoms with Crippen LogP contribution in [0, 0.1) is 16.7 Å². The normalized spacial score (nSPS) is 28.8. The Balaban J connectivity index is 1.97. The first-order valence-electron chi connectivity index (χ1n) is 12.3. The monoisotopic (exact) mass is 408 g/mol. The van der Waals surface area contributed by atoms with E-state index < -0.39 is 8.80 Å². The SMILES string of the molecule is C[SiH](c1ccccc1)C1CCCCCCCCC(C2=CC=CC2)C(C)(C)C1(C)C. The van der Waals surface area contributed by atoms with Gasteiger partial charge in [0.05, 0.1) is 8.80 Å². The highest BCUT2D eigenvalue weighted by Gasteiger charge is 2.49. The zero-order valence-electron chi connectivity index (χ0n) is 19.7. The Labute approximate surface area is 182 Å². The predicted octanol–water partition coefficient (Wildman–Crippen LogP) is 7.81. The molecule has 0 saturated heterocycles. The van der Waals surface area contributed by atoms with Gasteiger partial charge in [-0.3, -0.25) is 0 Å². The molecule has 0 amide bonds. The molecule has 29 heavy (non-hydrogen) atoms. The molecule has 0 aromatic heterocycles.